The maximum Gasteiger partial charge on any atom is 0.0705 e. The fourth-order valence-corrected chi connectivity index (χ4v) is 2.84. The van der Waals surface area contributed by atoms with Crippen molar-refractivity contribution in [2.75, 3.05) is 6.61 Å². The lowest BCUT2D eigenvalue weighted by Gasteiger charge is -2.16. The van der Waals surface area contributed by atoms with E-state index in [2.05, 4.69) is 17.1 Å². The van der Waals surface area contributed by atoms with Gasteiger partial charge in [0.25, 0.3) is 0 Å². The van der Waals surface area contributed by atoms with E-state index in [1.807, 2.05) is 24.4 Å². The van der Waals surface area contributed by atoms with Crippen molar-refractivity contribution in [3.05, 3.63) is 42.1 Å². The number of ether oxygens (including phenoxy) is 1. The molecule has 2 unspecified atom stereocenters. The third-order valence-electron chi connectivity index (χ3n) is 3.90. The smallest absolute Gasteiger partial charge is 0.0705 e. The minimum Gasteiger partial charge on any atom is -0.378 e. The summed E-state index contributed by atoms with van der Waals surface area (Å²) in [6.07, 6.45) is 6.64. The third kappa shape index (κ3) is 2.77. The average Bonchev–Trinajstić information content (AvgIpc) is 2.97. The molecule has 1 aliphatic heterocycles. The van der Waals surface area contributed by atoms with Gasteiger partial charge >= 0.3 is 0 Å². The molecule has 0 bridgehead atoms. The number of hydrogen-bond acceptors (Lipinski definition) is 3. The first-order chi connectivity index (χ1) is 9.34. The second-order valence-corrected chi connectivity index (χ2v) is 5.24. The zero-order chi connectivity index (χ0) is 13.1. The van der Waals surface area contributed by atoms with Crippen molar-refractivity contribution < 1.29 is 4.74 Å². The minimum atomic E-state index is 0.0668. The SMILES string of the molecule is NC(CCC1CCCO1)c1cccc2ncccc12. The first-order valence-corrected chi connectivity index (χ1v) is 7.05. The standard InChI is InChI=1S/C16H20N2O/c17-15(9-8-12-4-3-11-19-12)13-5-1-7-16-14(13)6-2-10-18-16/h1-2,5-7,10,12,15H,3-4,8-9,11,17H2. The topological polar surface area (TPSA) is 48.1 Å². The van der Waals surface area contributed by atoms with Gasteiger partial charge in [0.1, 0.15) is 0 Å². The molecule has 2 atom stereocenters. The van der Waals surface area contributed by atoms with Crippen LogP contribution in [0.15, 0.2) is 36.5 Å². The number of aromatic nitrogens is 1. The van der Waals surface area contributed by atoms with Crippen molar-refractivity contribution in [2.45, 2.75) is 37.8 Å². The fraction of sp³-hybridized carbons (Fsp3) is 0.438. The normalized spacial score (nSPS) is 20.8. The second kappa shape index (κ2) is 5.68. The monoisotopic (exact) mass is 256 g/mol. The molecule has 19 heavy (non-hydrogen) atoms. The quantitative estimate of drug-likeness (QED) is 0.913. The molecule has 0 aliphatic carbocycles. The first kappa shape index (κ1) is 12.6. The molecule has 3 heteroatoms. The highest BCUT2D eigenvalue weighted by Crippen LogP contribution is 2.26. The molecule has 0 spiro atoms. The Bertz CT molecular complexity index is 544. The summed E-state index contributed by atoms with van der Waals surface area (Å²) in [4.78, 5) is 4.38. The van der Waals surface area contributed by atoms with E-state index in [-0.39, 0.29) is 6.04 Å². The molecule has 0 saturated carbocycles. The molecule has 3 rings (SSSR count). The fourth-order valence-electron chi connectivity index (χ4n) is 2.84. The van der Waals surface area contributed by atoms with Crippen molar-refractivity contribution in [3.8, 4) is 0 Å². The van der Waals surface area contributed by atoms with Crippen LogP contribution in [0.25, 0.3) is 10.9 Å². The van der Waals surface area contributed by atoms with Gasteiger partial charge in [0, 0.05) is 24.2 Å². The van der Waals surface area contributed by atoms with Crippen LogP contribution >= 0.6 is 0 Å². The van der Waals surface area contributed by atoms with Crippen LogP contribution in [-0.4, -0.2) is 17.7 Å². The molecule has 1 fully saturated rings. The largest absolute Gasteiger partial charge is 0.378 e. The van der Waals surface area contributed by atoms with E-state index in [9.17, 15) is 0 Å². The molecular formula is C16H20N2O. The highest BCUT2D eigenvalue weighted by Gasteiger charge is 2.18. The van der Waals surface area contributed by atoms with Crippen molar-refractivity contribution in [3.63, 3.8) is 0 Å². The summed E-state index contributed by atoms with van der Waals surface area (Å²) in [6, 6.07) is 10.3. The summed E-state index contributed by atoms with van der Waals surface area (Å²) in [5, 5.41) is 1.17. The van der Waals surface area contributed by atoms with E-state index in [1.54, 1.807) is 0 Å². The molecule has 2 N–H and O–H groups in total. The highest BCUT2D eigenvalue weighted by atomic mass is 16.5. The lowest BCUT2D eigenvalue weighted by Crippen LogP contribution is -2.14. The Hall–Kier alpha value is -1.45. The summed E-state index contributed by atoms with van der Waals surface area (Å²) in [5.74, 6) is 0. The Morgan fingerprint density at radius 1 is 1.32 bits per heavy atom. The zero-order valence-corrected chi connectivity index (χ0v) is 11.1. The van der Waals surface area contributed by atoms with E-state index in [1.165, 1.54) is 23.8 Å². The van der Waals surface area contributed by atoms with Crippen LogP contribution in [0, 0.1) is 0 Å². The number of hydrogen-bond donors (Lipinski definition) is 1. The second-order valence-electron chi connectivity index (χ2n) is 5.24. The van der Waals surface area contributed by atoms with Gasteiger partial charge in [-0.1, -0.05) is 18.2 Å². The molecular weight excluding hydrogens is 236 g/mol. The molecule has 1 aromatic carbocycles. The van der Waals surface area contributed by atoms with E-state index in [4.69, 9.17) is 10.5 Å². The molecule has 100 valence electrons. The number of rotatable bonds is 4. The Morgan fingerprint density at radius 3 is 3.11 bits per heavy atom. The Morgan fingerprint density at radius 2 is 2.26 bits per heavy atom. The van der Waals surface area contributed by atoms with Crippen LogP contribution in [0.2, 0.25) is 0 Å². The zero-order valence-electron chi connectivity index (χ0n) is 11.1. The van der Waals surface area contributed by atoms with E-state index in [0.29, 0.717) is 6.10 Å². The van der Waals surface area contributed by atoms with Crippen LogP contribution in [0.4, 0.5) is 0 Å². The van der Waals surface area contributed by atoms with Crippen LogP contribution in [0.5, 0.6) is 0 Å². The predicted octanol–water partition coefficient (Wildman–Crippen LogP) is 3.19. The van der Waals surface area contributed by atoms with Gasteiger partial charge in [-0.15, -0.1) is 0 Å². The third-order valence-corrected chi connectivity index (χ3v) is 3.90. The van der Waals surface area contributed by atoms with Gasteiger partial charge in [-0.2, -0.15) is 0 Å². The molecule has 1 saturated heterocycles. The van der Waals surface area contributed by atoms with Crippen molar-refractivity contribution in [1.29, 1.82) is 0 Å². The van der Waals surface area contributed by atoms with E-state index >= 15 is 0 Å². The molecule has 3 nitrogen and oxygen atoms in total. The molecule has 0 radical (unpaired) electrons. The van der Waals surface area contributed by atoms with E-state index < -0.39 is 0 Å². The molecule has 1 aliphatic rings. The predicted molar refractivity (Wildman–Crippen MR) is 76.9 cm³/mol. The summed E-state index contributed by atoms with van der Waals surface area (Å²) in [7, 11) is 0. The molecule has 2 heterocycles. The number of nitrogens with two attached hydrogens (primary N) is 1. The van der Waals surface area contributed by atoms with Gasteiger partial charge in [0.05, 0.1) is 11.6 Å². The molecule has 1 aromatic heterocycles. The molecule has 0 amide bonds. The number of nitrogens with zero attached hydrogens (tertiary/aromatic N) is 1. The number of pyridine rings is 1. The van der Waals surface area contributed by atoms with Gasteiger partial charge in [-0.25, -0.2) is 0 Å². The molecule has 2 aromatic rings. The van der Waals surface area contributed by atoms with Gasteiger partial charge in [-0.3, -0.25) is 4.98 Å². The van der Waals surface area contributed by atoms with Crippen LogP contribution in [0.1, 0.15) is 37.3 Å². The maximum atomic E-state index is 6.36. The van der Waals surface area contributed by atoms with Gasteiger partial charge < -0.3 is 10.5 Å². The van der Waals surface area contributed by atoms with Crippen LogP contribution < -0.4 is 5.73 Å². The minimum absolute atomic E-state index is 0.0668. The lowest BCUT2D eigenvalue weighted by atomic mass is 9.96. The number of fused-ring (bicyclic) bond motifs is 1. The van der Waals surface area contributed by atoms with Crippen molar-refractivity contribution in [1.82, 2.24) is 4.98 Å². The lowest BCUT2D eigenvalue weighted by molar-refractivity contribution is 0.101. The Labute approximate surface area is 113 Å². The average molecular weight is 256 g/mol. The summed E-state index contributed by atoms with van der Waals surface area (Å²) in [5.41, 5.74) is 8.57. The van der Waals surface area contributed by atoms with Crippen molar-refractivity contribution in [2.24, 2.45) is 5.73 Å². The summed E-state index contributed by atoms with van der Waals surface area (Å²) < 4.78 is 5.66. The number of benzene rings is 1. The summed E-state index contributed by atoms with van der Waals surface area (Å²) >= 11 is 0. The van der Waals surface area contributed by atoms with Crippen LogP contribution in [0.3, 0.4) is 0 Å². The van der Waals surface area contributed by atoms with Gasteiger partial charge in [0.15, 0.2) is 0 Å². The van der Waals surface area contributed by atoms with Gasteiger partial charge in [-0.05, 0) is 43.4 Å². The highest BCUT2D eigenvalue weighted by molar-refractivity contribution is 5.82. The Kier molecular flexibility index (Phi) is 3.76. The van der Waals surface area contributed by atoms with Crippen molar-refractivity contribution >= 4 is 10.9 Å². The van der Waals surface area contributed by atoms with Crippen LogP contribution in [-0.2, 0) is 4.74 Å². The first-order valence-electron chi connectivity index (χ1n) is 7.05. The Balaban J connectivity index is 1.75. The van der Waals surface area contributed by atoms with E-state index in [0.717, 1.165) is 25.0 Å². The maximum absolute atomic E-state index is 6.36. The van der Waals surface area contributed by atoms with Gasteiger partial charge in [0.2, 0.25) is 0 Å². The summed E-state index contributed by atoms with van der Waals surface area (Å²) in [6.45, 7) is 0.915.